The van der Waals surface area contributed by atoms with Crippen LogP contribution in [0.25, 0.3) is 11.3 Å². The van der Waals surface area contributed by atoms with Gasteiger partial charge in [0.2, 0.25) is 0 Å². The number of hydrogen-bond acceptors (Lipinski definition) is 5. The van der Waals surface area contributed by atoms with Gasteiger partial charge in [-0.1, -0.05) is 28.9 Å². The average Bonchev–Trinajstić information content (AvgIpc) is 3.21. The summed E-state index contributed by atoms with van der Waals surface area (Å²) in [5.74, 6) is -0.454. The molecule has 0 unspecified atom stereocenters. The zero-order valence-electron chi connectivity index (χ0n) is 12.9. The number of nitrogens with one attached hydrogen (secondary N) is 1. The second-order valence-electron chi connectivity index (χ2n) is 5.09. The van der Waals surface area contributed by atoms with Gasteiger partial charge >= 0.3 is 5.97 Å². The minimum atomic E-state index is -0.547. The molecule has 6 nitrogen and oxygen atoms in total. The Morgan fingerprint density at radius 3 is 2.62 bits per heavy atom. The molecule has 0 aliphatic heterocycles. The first-order valence-electron chi connectivity index (χ1n) is 7.05. The Labute approximate surface area is 142 Å². The van der Waals surface area contributed by atoms with Crippen molar-refractivity contribution in [2.75, 3.05) is 7.11 Å². The van der Waals surface area contributed by atoms with Crippen LogP contribution in [-0.4, -0.2) is 29.0 Å². The van der Waals surface area contributed by atoms with Gasteiger partial charge < -0.3 is 14.2 Å². The van der Waals surface area contributed by atoms with Crippen LogP contribution in [0.1, 0.15) is 32.2 Å². The van der Waals surface area contributed by atoms with E-state index in [9.17, 15) is 9.59 Å². The molecule has 0 bridgehead atoms. The first kappa shape index (κ1) is 16.0. The van der Waals surface area contributed by atoms with E-state index >= 15 is 0 Å². The molecule has 0 spiro atoms. The van der Waals surface area contributed by atoms with E-state index in [0.717, 1.165) is 0 Å². The summed E-state index contributed by atoms with van der Waals surface area (Å²) in [7, 11) is 1.27. The molecular formula is C17H13ClN2O4. The molecule has 1 N–H and O–H groups in total. The van der Waals surface area contributed by atoms with E-state index in [2.05, 4.69) is 14.9 Å². The minimum absolute atomic E-state index is 0.197. The van der Waals surface area contributed by atoms with Gasteiger partial charge in [0.15, 0.2) is 5.78 Å². The zero-order valence-corrected chi connectivity index (χ0v) is 13.7. The number of aromatic amines is 1. The van der Waals surface area contributed by atoms with Gasteiger partial charge in [-0.3, -0.25) is 4.79 Å². The topological polar surface area (TPSA) is 85.2 Å². The SMILES string of the molecule is COC(=O)c1cc(C(=O)c2c(-c3ccc(Cl)cc3)noc2C)c[nH]1. The molecule has 1 aromatic carbocycles. The van der Waals surface area contributed by atoms with Crippen LogP contribution in [-0.2, 0) is 4.74 Å². The summed E-state index contributed by atoms with van der Waals surface area (Å²) in [5, 5.41) is 4.56. The van der Waals surface area contributed by atoms with Gasteiger partial charge in [-0.25, -0.2) is 4.79 Å². The number of esters is 1. The van der Waals surface area contributed by atoms with E-state index in [1.807, 2.05) is 0 Å². The fourth-order valence-corrected chi connectivity index (χ4v) is 2.47. The highest BCUT2D eigenvalue weighted by molar-refractivity contribution is 6.30. The van der Waals surface area contributed by atoms with Crippen molar-refractivity contribution in [2.24, 2.45) is 0 Å². The van der Waals surface area contributed by atoms with Crippen LogP contribution in [0, 0.1) is 6.92 Å². The normalized spacial score (nSPS) is 10.6. The standard InChI is InChI=1S/C17H13ClN2O4/c1-9-14(15(20-24-9)10-3-5-12(18)6-4-10)16(21)11-7-13(19-8-11)17(22)23-2/h3-8,19H,1-2H3. The molecule has 0 fully saturated rings. The highest BCUT2D eigenvalue weighted by atomic mass is 35.5. The number of benzene rings is 1. The summed E-state index contributed by atoms with van der Waals surface area (Å²) in [5.41, 5.74) is 1.99. The van der Waals surface area contributed by atoms with Crippen molar-refractivity contribution >= 4 is 23.4 Å². The summed E-state index contributed by atoms with van der Waals surface area (Å²) >= 11 is 5.89. The van der Waals surface area contributed by atoms with Gasteiger partial charge in [-0.2, -0.15) is 0 Å². The number of aromatic nitrogens is 2. The Morgan fingerprint density at radius 1 is 1.25 bits per heavy atom. The summed E-state index contributed by atoms with van der Waals surface area (Å²) in [6.07, 6.45) is 1.45. The van der Waals surface area contributed by atoms with E-state index in [1.54, 1.807) is 31.2 Å². The highest BCUT2D eigenvalue weighted by Gasteiger charge is 2.24. The zero-order chi connectivity index (χ0) is 17.3. The monoisotopic (exact) mass is 344 g/mol. The molecule has 3 rings (SSSR count). The maximum atomic E-state index is 12.8. The Balaban J connectivity index is 2.01. The smallest absolute Gasteiger partial charge is 0.354 e. The van der Waals surface area contributed by atoms with E-state index in [0.29, 0.717) is 33.2 Å². The number of ether oxygens (including phenoxy) is 1. The molecule has 0 saturated heterocycles. The number of halogens is 1. The lowest BCUT2D eigenvalue weighted by Gasteiger charge is -2.01. The number of hydrogen-bond donors (Lipinski definition) is 1. The van der Waals surface area contributed by atoms with Crippen molar-refractivity contribution in [1.29, 1.82) is 0 Å². The van der Waals surface area contributed by atoms with Crippen molar-refractivity contribution in [3.05, 3.63) is 64.1 Å². The molecule has 0 amide bonds. The predicted molar refractivity (Wildman–Crippen MR) is 87.3 cm³/mol. The van der Waals surface area contributed by atoms with E-state index in [1.165, 1.54) is 19.4 Å². The van der Waals surface area contributed by atoms with Crippen LogP contribution in [0.4, 0.5) is 0 Å². The number of carbonyl (C=O) groups excluding carboxylic acids is 2. The number of nitrogens with zero attached hydrogens (tertiary/aromatic N) is 1. The second-order valence-corrected chi connectivity index (χ2v) is 5.53. The van der Waals surface area contributed by atoms with Crippen LogP contribution >= 0.6 is 11.6 Å². The number of aryl methyl sites for hydroxylation is 1. The van der Waals surface area contributed by atoms with Crippen molar-refractivity contribution in [3.63, 3.8) is 0 Å². The van der Waals surface area contributed by atoms with Gasteiger partial charge in [0.25, 0.3) is 0 Å². The molecule has 2 heterocycles. The number of ketones is 1. The van der Waals surface area contributed by atoms with Crippen LogP contribution in [0.2, 0.25) is 5.02 Å². The third kappa shape index (κ3) is 2.83. The molecule has 24 heavy (non-hydrogen) atoms. The lowest BCUT2D eigenvalue weighted by Crippen LogP contribution is -2.03. The number of methoxy groups -OCH3 is 1. The first-order valence-corrected chi connectivity index (χ1v) is 7.42. The van der Waals surface area contributed by atoms with Crippen molar-refractivity contribution in [2.45, 2.75) is 6.92 Å². The first-order chi connectivity index (χ1) is 11.5. The van der Waals surface area contributed by atoms with Gasteiger partial charge in [-0.05, 0) is 25.1 Å². The largest absolute Gasteiger partial charge is 0.464 e. The molecule has 0 saturated carbocycles. The minimum Gasteiger partial charge on any atom is -0.464 e. The fourth-order valence-electron chi connectivity index (χ4n) is 2.34. The summed E-state index contributed by atoms with van der Waals surface area (Å²) < 4.78 is 9.82. The van der Waals surface area contributed by atoms with Crippen LogP contribution in [0.3, 0.4) is 0 Å². The van der Waals surface area contributed by atoms with E-state index in [-0.39, 0.29) is 11.5 Å². The van der Waals surface area contributed by atoms with Crippen LogP contribution < -0.4 is 0 Å². The Morgan fingerprint density at radius 2 is 1.96 bits per heavy atom. The predicted octanol–water partition coefficient (Wildman–Crippen LogP) is 3.65. The molecular weight excluding hydrogens is 332 g/mol. The van der Waals surface area contributed by atoms with Crippen LogP contribution in [0.15, 0.2) is 41.1 Å². The lowest BCUT2D eigenvalue weighted by molar-refractivity contribution is 0.0595. The lowest BCUT2D eigenvalue weighted by atomic mass is 9.99. The molecule has 2 aromatic heterocycles. The molecule has 0 radical (unpaired) electrons. The Kier molecular flexibility index (Phi) is 4.22. The van der Waals surface area contributed by atoms with Gasteiger partial charge in [0, 0.05) is 22.3 Å². The number of rotatable bonds is 4. The van der Waals surface area contributed by atoms with Crippen LogP contribution in [0.5, 0.6) is 0 Å². The van der Waals surface area contributed by atoms with Crippen molar-refractivity contribution in [3.8, 4) is 11.3 Å². The molecule has 122 valence electrons. The Hall–Kier alpha value is -2.86. The quantitative estimate of drug-likeness (QED) is 0.576. The molecule has 7 heteroatoms. The van der Waals surface area contributed by atoms with E-state index in [4.69, 9.17) is 16.1 Å². The summed E-state index contributed by atoms with van der Waals surface area (Å²) in [6.45, 7) is 1.66. The van der Waals surface area contributed by atoms with E-state index < -0.39 is 5.97 Å². The van der Waals surface area contributed by atoms with Gasteiger partial charge in [0.05, 0.1) is 12.7 Å². The van der Waals surface area contributed by atoms with Gasteiger partial charge in [0.1, 0.15) is 17.1 Å². The maximum absolute atomic E-state index is 12.8. The number of carbonyl (C=O) groups is 2. The summed E-state index contributed by atoms with van der Waals surface area (Å²) in [6, 6.07) is 8.37. The molecule has 0 aliphatic rings. The van der Waals surface area contributed by atoms with Crippen molar-refractivity contribution in [1.82, 2.24) is 10.1 Å². The molecule has 0 aliphatic carbocycles. The third-order valence-corrected chi connectivity index (χ3v) is 3.81. The summed E-state index contributed by atoms with van der Waals surface area (Å²) in [4.78, 5) is 27.1. The Bertz CT molecular complexity index is 909. The highest BCUT2D eigenvalue weighted by Crippen LogP contribution is 2.28. The second kappa shape index (κ2) is 6.33. The van der Waals surface area contributed by atoms with Gasteiger partial charge in [-0.15, -0.1) is 0 Å². The maximum Gasteiger partial charge on any atom is 0.354 e. The third-order valence-electron chi connectivity index (χ3n) is 3.56. The fraction of sp³-hybridized carbons (Fsp3) is 0.118. The number of H-pyrrole nitrogens is 1. The average molecular weight is 345 g/mol. The molecule has 0 atom stereocenters. The molecule has 3 aromatic rings. The van der Waals surface area contributed by atoms with Crippen molar-refractivity contribution < 1.29 is 18.8 Å².